The summed E-state index contributed by atoms with van der Waals surface area (Å²) in [5, 5.41) is 14.2. The molecular formula is C30H38F2N8O2. The Bertz CT molecular complexity index is 1390. The molecule has 5 rings (SSSR count). The number of benzene rings is 2. The first-order valence-electron chi connectivity index (χ1n) is 14.1. The maximum atomic E-state index is 14.0. The van der Waals surface area contributed by atoms with Gasteiger partial charge in [0.15, 0.2) is 5.84 Å². The van der Waals surface area contributed by atoms with E-state index >= 15 is 0 Å². The molecule has 2 aromatic carbocycles. The van der Waals surface area contributed by atoms with Crippen LogP contribution >= 0.6 is 0 Å². The van der Waals surface area contributed by atoms with Crippen LogP contribution in [0.3, 0.4) is 0 Å². The molecule has 5 N–H and O–H groups in total. The van der Waals surface area contributed by atoms with Gasteiger partial charge >= 0.3 is 0 Å². The van der Waals surface area contributed by atoms with Gasteiger partial charge in [-0.2, -0.15) is 0 Å². The number of likely N-dealkylation sites (N-methyl/N-ethyl adjacent to an activating group) is 1. The van der Waals surface area contributed by atoms with Gasteiger partial charge in [0.05, 0.1) is 17.1 Å². The van der Waals surface area contributed by atoms with Crippen molar-refractivity contribution in [3.05, 3.63) is 71.4 Å². The summed E-state index contributed by atoms with van der Waals surface area (Å²) >= 11 is 0. The first kappa shape index (κ1) is 29.3. The first-order chi connectivity index (χ1) is 20.3. The molecule has 2 aliphatic heterocycles. The number of amidine groups is 1. The lowest BCUT2D eigenvalue weighted by Gasteiger charge is -2.35. The number of halogens is 2. The summed E-state index contributed by atoms with van der Waals surface area (Å²) in [6.07, 6.45) is 1.83. The van der Waals surface area contributed by atoms with E-state index in [2.05, 4.69) is 44.7 Å². The van der Waals surface area contributed by atoms with Gasteiger partial charge in [-0.3, -0.25) is 15.8 Å². The fourth-order valence-electron chi connectivity index (χ4n) is 5.07. The van der Waals surface area contributed by atoms with Crippen LogP contribution in [0.5, 0.6) is 5.88 Å². The van der Waals surface area contributed by atoms with E-state index in [1.807, 2.05) is 13.1 Å². The Balaban J connectivity index is 1.32. The van der Waals surface area contributed by atoms with Gasteiger partial charge in [0, 0.05) is 69.8 Å². The van der Waals surface area contributed by atoms with E-state index in [4.69, 9.17) is 20.6 Å². The third-order valence-corrected chi connectivity index (χ3v) is 7.59. The highest BCUT2D eigenvalue weighted by molar-refractivity contribution is 6.00. The van der Waals surface area contributed by atoms with Gasteiger partial charge in [0.25, 0.3) is 0 Å². The largest absolute Gasteiger partial charge is 0.473 e. The number of piperazine rings is 1. The molecule has 0 unspecified atom stereocenters. The second kappa shape index (κ2) is 13.2. The molecule has 0 atom stereocenters. The van der Waals surface area contributed by atoms with Crippen molar-refractivity contribution in [3.8, 4) is 5.88 Å². The SMILES string of the molecule is CN1CCN(c2ccc(N(C)NC(=N)c3nc(OCc4cc(F)ccc4F)ccc3N)c(NC3CCOCC3)c2)CC1. The summed E-state index contributed by atoms with van der Waals surface area (Å²) < 4.78 is 38.7. The van der Waals surface area contributed by atoms with Gasteiger partial charge in [0.1, 0.15) is 23.9 Å². The quantitative estimate of drug-likeness (QED) is 0.170. The van der Waals surface area contributed by atoms with Gasteiger partial charge in [-0.1, -0.05) is 0 Å². The number of hydrazine groups is 1. The minimum absolute atomic E-state index is 0.0439. The van der Waals surface area contributed by atoms with Gasteiger partial charge < -0.3 is 30.3 Å². The predicted molar refractivity (Wildman–Crippen MR) is 161 cm³/mol. The van der Waals surface area contributed by atoms with Crippen molar-refractivity contribution in [2.75, 3.05) is 74.4 Å². The molecule has 0 saturated carbocycles. The number of anilines is 4. The lowest BCUT2D eigenvalue weighted by Crippen LogP contribution is -2.44. The molecule has 2 saturated heterocycles. The predicted octanol–water partition coefficient (Wildman–Crippen LogP) is 3.83. The Kier molecular flexibility index (Phi) is 9.23. The molecule has 0 amide bonds. The zero-order valence-corrected chi connectivity index (χ0v) is 24.0. The third kappa shape index (κ3) is 7.18. The molecular weight excluding hydrogens is 542 g/mol. The zero-order chi connectivity index (χ0) is 29.6. The number of rotatable bonds is 9. The van der Waals surface area contributed by atoms with Gasteiger partial charge in [-0.25, -0.2) is 13.8 Å². The van der Waals surface area contributed by atoms with Crippen LogP contribution in [0.2, 0.25) is 0 Å². The normalized spacial score (nSPS) is 16.2. The molecule has 0 bridgehead atoms. The van der Waals surface area contributed by atoms with Crippen LogP contribution in [-0.2, 0) is 11.3 Å². The number of aromatic nitrogens is 1. The second-order valence-corrected chi connectivity index (χ2v) is 10.7. The average Bonchev–Trinajstić information content (AvgIpc) is 2.99. The maximum Gasteiger partial charge on any atom is 0.214 e. The van der Waals surface area contributed by atoms with Crippen molar-refractivity contribution in [3.63, 3.8) is 0 Å². The smallest absolute Gasteiger partial charge is 0.214 e. The highest BCUT2D eigenvalue weighted by Crippen LogP contribution is 2.32. The minimum atomic E-state index is -0.577. The summed E-state index contributed by atoms with van der Waals surface area (Å²) in [5.74, 6) is -1.04. The van der Waals surface area contributed by atoms with E-state index in [1.54, 1.807) is 11.1 Å². The van der Waals surface area contributed by atoms with E-state index in [0.29, 0.717) is 0 Å². The minimum Gasteiger partial charge on any atom is -0.473 e. The number of nitrogens with one attached hydrogen (secondary N) is 3. The summed E-state index contributed by atoms with van der Waals surface area (Å²) in [6.45, 7) is 5.16. The van der Waals surface area contributed by atoms with E-state index in [0.717, 1.165) is 87.5 Å². The molecule has 2 fully saturated rings. The molecule has 42 heavy (non-hydrogen) atoms. The van der Waals surface area contributed by atoms with Crippen LogP contribution in [0.4, 0.5) is 31.5 Å². The van der Waals surface area contributed by atoms with E-state index < -0.39 is 11.6 Å². The Labute approximate surface area is 244 Å². The van der Waals surface area contributed by atoms with Crippen LogP contribution in [-0.4, -0.2) is 75.2 Å². The maximum absolute atomic E-state index is 14.0. The number of nitrogens with zero attached hydrogens (tertiary/aromatic N) is 4. The van der Waals surface area contributed by atoms with Gasteiger partial charge in [-0.15, -0.1) is 0 Å². The molecule has 3 aromatic rings. The van der Waals surface area contributed by atoms with Crippen molar-refractivity contribution in [1.29, 1.82) is 5.41 Å². The fourth-order valence-corrected chi connectivity index (χ4v) is 5.07. The van der Waals surface area contributed by atoms with Crippen molar-refractivity contribution < 1.29 is 18.3 Å². The van der Waals surface area contributed by atoms with Crippen LogP contribution in [0.15, 0.2) is 48.5 Å². The van der Waals surface area contributed by atoms with Crippen molar-refractivity contribution in [1.82, 2.24) is 15.3 Å². The summed E-state index contributed by atoms with van der Waals surface area (Å²) in [6, 6.07) is 12.9. The Morgan fingerprint density at radius 1 is 1.10 bits per heavy atom. The second-order valence-electron chi connectivity index (χ2n) is 10.7. The number of nitrogens with two attached hydrogens (primary N) is 1. The molecule has 0 aliphatic carbocycles. The van der Waals surface area contributed by atoms with Crippen LogP contribution in [0.25, 0.3) is 0 Å². The van der Waals surface area contributed by atoms with Crippen LogP contribution in [0, 0.1) is 17.0 Å². The molecule has 10 nitrogen and oxygen atoms in total. The van der Waals surface area contributed by atoms with Crippen LogP contribution < -0.4 is 31.1 Å². The average molecular weight is 581 g/mol. The molecule has 0 radical (unpaired) electrons. The van der Waals surface area contributed by atoms with Crippen molar-refractivity contribution in [2.45, 2.75) is 25.5 Å². The number of pyridine rings is 1. The van der Waals surface area contributed by atoms with Gasteiger partial charge in [-0.05, 0) is 62.4 Å². The van der Waals surface area contributed by atoms with Crippen molar-refractivity contribution >= 4 is 28.6 Å². The lowest BCUT2D eigenvalue weighted by molar-refractivity contribution is 0.0904. The number of hydrogen-bond acceptors (Lipinski definition) is 9. The molecule has 0 spiro atoms. The van der Waals surface area contributed by atoms with E-state index in [1.165, 1.54) is 6.07 Å². The summed E-state index contributed by atoms with van der Waals surface area (Å²) in [4.78, 5) is 9.08. The highest BCUT2D eigenvalue weighted by atomic mass is 19.1. The lowest BCUT2D eigenvalue weighted by atomic mass is 10.1. The summed E-state index contributed by atoms with van der Waals surface area (Å²) in [7, 11) is 3.97. The Morgan fingerprint density at radius 3 is 2.62 bits per heavy atom. The number of hydrogen-bond donors (Lipinski definition) is 4. The van der Waals surface area contributed by atoms with E-state index in [-0.39, 0.29) is 41.3 Å². The highest BCUT2D eigenvalue weighted by Gasteiger charge is 2.21. The first-order valence-corrected chi connectivity index (χ1v) is 14.1. The molecule has 224 valence electrons. The monoisotopic (exact) mass is 580 g/mol. The molecule has 12 heteroatoms. The number of nitrogen functional groups attached to an aromatic ring is 1. The van der Waals surface area contributed by atoms with Crippen LogP contribution in [0.1, 0.15) is 24.1 Å². The third-order valence-electron chi connectivity index (χ3n) is 7.59. The molecule has 1 aromatic heterocycles. The van der Waals surface area contributed by atoms with Crippen molar-refractivity contribution in [2.24, 2.45) is 0 Å². The summed E-state index contributed by atoms with van der Waals surface area (Å²) in [5.41, 5.74) is 12.7. The topological polar surface area (TPSA) is 115 Å². The zero-order valence-electron chi connectivity index (χ0n) is 24.0. The van der Waals surface area contributed by atoms with E-state index in [9.17, 15) is 8.78 Å². The van der Waals surface area contributed by atoms with Gasteiger partial charge in [0.2, 0.25) is 5.88 Å². The molecule has 3 heterocycles. The Hall–Kier alpha value is -4.16. The number of ether oxygens (including phenoxy) is 2. The molecule has 2 aliphatic rings. The standard InChI is InChI=1S/C30H38F2N8O2/c1-38-11-13-40(14-12-38)23-4-7-27(26(18-23)35-22-9-15-41-16-10-22)39(2)37-30(34)29-25(33)6-8-28(36-29)42-19-20-17-21(31)3-5-24(20)32/h3-8,17-18,22,35H,9-16,19,33H2,1-2H3,(H2,34,37). The Morgan fingerprint density at radius 2 is 1.86 bits per heavy atom. The fraction of sp³-hybridized carbons (Fsp3) is 0.400.